The number of guanidine groups is 1. The largest absolute Gasteiger partial charge is 0.357 e. The molecule has 0 atom stereocenters. The predicted molar refractivity (Wildman–Crippen MR) is 127 cm³/mol. The van der Waals surface area contributed by atoms with Gasteiger partial charge in [-0.1, -0.05) is 6.07 Å². The van der Waals surface area contributed by atoms with Crippen LogP contribution in [-0.2, 0) is 13.1 Å². The first kappa shape index (κ1) is 23.3. The summed E-state index contributed by atoms with van der Waals surface area (Å²) < 4.78 is 16.3. The van der Waals surface area contributed by atoms with Crippen molar-refractivity contribution in [3.8, 4) is 5.69 Å². The summed E-state index contributed by atoms with van der Waals surface area (Å²) in [6.07, 6.45) is 3.42. The van der Waals surface area contributed by atoms with Crippen LogP contribution < -0.4 is 5.32 Å². The Morgan fingerprint density at radius 1 is 1.34 bits per heavy atom. The topological polar surface area (TPSA) is 58.3 Å². The molecule has 0 amide bonds. The summed E-state index contributed by atoms with van der Waals surface area (Å²) in [5.74, 6) is 1.23. The van der Waals surface area contributed by atoms with Gasteiger partial charge in [0.2, 0.25) is 0 Å². The van der Waals surface area contributed by atoms with Gasteiger partial charge in [0.25, 0.3) is 0 Å². The lowest BCUT2D eigenvalue weighted by Gasteiger charge is -2.21. The van der Waals surface area contributed by atoms with Gasteiger partial charge in [-0.2, -0.15) is 0 Å². The molecule has 1 aromatic carbocycles. The van der Waals surface area contributed by atoms with Gasteiger partial charge in [0, 0.05) is 31.4 Å². The Morgan fingerprint density at radius 3 is 2.72 bits per heavy atom. The molecular weight excluding hydrogens is 502 g/mol. The molecule has 0 bridgehead atoms. The van der Waals surface area contributed by atoms with Gasteiger partial charge in [-0.25, -0.2) is 19.4 Å². The molecule has 0 aliphatic carbocycles. The van der Waals surface area contributed by atoms with Crippen molar-refractivity contribution in [2.24, 2.45) is 4.99 Å². The zero-order valence-electron chi connectivity index (χ0n) is 17.0. The molecule has 0 aliphatic rings. The van der Waals surface area contributed by atoms with Crippen LogP contribution in [0.15, 0.2) is 41.0 Å². The van der Waals surface area contributed by atoms with E-state index in [2.05, 4.69) is 25.7 Å². The van der Waals surface area contributed by atoms with Crippen LogP contribution in [-0.4, -0.2) is 39.0 Å². The number of aromatic nitrogens is 3. The van der Waals surface area contributed by atoms with Crippen LogP contribution in [0.2, 0.25) is 0 Å². The normalized spacial score (nSPS) is 11.3. The molecule has 9 heteroatoms. The van der Waals surface area contributed by atoms with E-state index in [1.807, 2.05) is 38.8 Å². The van der Waals surface area contributed by atoms with Crippen molar-refractivity contribution in [3.63, 3.8) is 0 Å². The second-order valence-corrected chi connectivity index (χ2v) is 7.58. The van der Waals surface area contributed by atoms with Crippen molar-refractivity contribution in [2.45, 2.75) is 33.9 Å². The van der Waals surface area contributed by atoms with E-state index in [0.717, 1.165) is 34.6 Å². The maximum absolute atomic E-state index is 14.6. The summed E-state index contributed by atoms with van der Waals surface area (Å²) in [4.78, 5) is 15.3. The Bertz CT molecular complexity index is 968. The summed E-state index contributed by atoms with van der Waals surface area (Å²) in [7, 11) is 1.97. The smallest absolute Gasteiger partial charge is 0.194 e. The summed E-state index contributed by atoms with van der Waals surface area (Å²) in [6.45, 7) is 7.69. The molecule has 156 valence electrons. The standard InChI is InChI=1S/C20H25FN6S.HI/c1-5-22-20(26(4)12-17-13-28-15(3)25-17)24-11-16-6-7-19(18(21)10-16)27-9-8-23-14(27)2;/h6-10,13H,5,11-12H2,1-4H3,(H,22,24);1H. The predicted octanol–water partition coefficient (Wildman–Crippen LogP) is 4.30. The van der Waals surface area contributed by atoms with E-state index in [4.69, 9.17) is 0 Å². The number of rotatable bonds is 6. The number of hydrogen-bond acceptors (Lipinski definition) is 4. The van der Waals surface area contributed by atoms with Crippen LogP contribution in [0.25, 0.3) is 5.69 Å². The number of hydrogen-bond donors (Lipinski definition) is 1. The molecule has 3 rings (SSSR count). The molecule has 0 spiro atoms. The molecule has 0 saturated carbocycles. The fourth-order valence-corrected chi connectivity index (χ4v) is 3.52. The Balaban J connectivity index is 0.00000300. The Labute approximate surface area is 191 Å². The van der Waals surface area contributed by atoms with E-state index in [0.29, 0.717) is 18.8 Å². The second kappa shape index (κ2) is 10.7. The third kappa shape index (κ3) is 5.99. The number of thiazole rings is 1. The van der Waals surface area contributed by atoms with Gasteiger partial charge in [-0.15, -0.1) is 35.3 Å². The van der Waals surface area contributed by atoms with Crippen molar-refractivity contribution < 1.29 is 4.39 Å². The first-order valence-electron chi connectivity index (χ1n) is 9.17. The quantitative estimate of drug-likeness (QED) is 0.295. The lowest BCUT2D eigenvalue weighted by atomic mass is 10.2. The Hall–Kier alpha value is -2.01. The molecular formula is C20H26FIN6S. The molecule has 0 fully saturated rings. The molecule has 0 saturated heterocycles. The monoisotopic (exact) mass is 528 g/mol. The molecule has 0 radical (unpaired) electrons. The fourth-order valence-electron chi connectivity index (χ4n) is 2.91. The highest BCUT2D eigenvalue weighted by molar-refractivity contribution is 14.0. The van der Waals surface area contributed by atoms with Crippen LogP contribution in [0.5, 0.6) is 0 Å². The zero-order chi connectivity index (χ0) is 20.1. The molecule has 0 aliphatic heterocycles. The van der Waals surface area contributed by atoms with Crippen molar-refractivity contribution in [1.29, 1.82) is 0 Å². The highest BCUT2D eigenvalue weighted by atomic mass is 127. The molecule has 3 aromatic rings. The molecule has 29 heavy (non-hydrogen) atoms. The van der Waals surface area contributed by atoms with Crippen LogP contribution in [0.1, 0.15) is 29.0 Å². The van der Waals surface area contributed by atoms with Crippen LogP contribution in [0.4, 0.5) is 4.39 Å². The number of imidazole rings is 1. The van der Waals surface area contributed by atoms with Gasteiger partial charge in [0.05, 0.1) is 29.5 Å². The summed E-state index contributed by atoms with van der Waals surface area (Å²) in [5, 5.41) is 6.39. The number of aryl methyl sites for hydroxylation is 2. The average molecular weight is 528 g/mol. The first-order chi connectivity index (χ1) is 13.5. The Kier molecular flexibility index (Phi) is 8.57. The van der Waals surface area contributed by atoms with Crippen molar-refractivity contribution in [2.75, 3.05) is 13.6 Å². The van der Waals surface area contributed by atoms with E-state index < -0.39 is 0 Å². The van der Waals surface area contributed by atoms with E-state index in [1.165, 1.54) is 6.07 Å². The number of benzene rings is 1. The minimum Gasteiger partial charge on any atom is -0.357 e. The van der Waals surface area contributed by atoms with Crippen LogP contribution in [0, 0.1) is 19.7 Å². The summed E-state index contributed by atoms with van der Waals surface area (Å²) >= 11 is 1.64. The number of nitrogens with zero attached hydrogens (tertiary/aromatic N) is 5. The first-order valence-corrected chi connectivity index (χ1v) is 10.0. The Morgan fingerprint density at radius 2 is 2.14 bits per heavy atom. The minimum absolute atomic E-state index is 0. The van der Waals surface area contributed by atoms with Crippen molar-refractivity contribution >= 4 is 41.3 Å². The SMILES string of the molecule is CCNC(=NCc1ccc(-n2ccnc2C)c(F)c1)N(C)Cc1csc(C)n1.I. The van der Waals surface area contributed by atoms with Gasteiger partial charge in [0.15, 0.2) is 5.96 Å². The lowest BCUT2D eigenvalue weighted by molar-refractivity contribution is 0.470. The highest BCUT2D eigenvalue weighted by Crippen LogP contribution is 2.17. The second-order valence-electron chi connectivity index (χ2n) is 6.51. The van der Waals surface area contributed by atoms with Crippen LogP contribution >= 0.6 is 35.3 Å². The summed E-state index contributed by atoms with van der Waals surface area (Å²) in [5.41, 5.74) is 2.32. The zero-order valence-corrected chi connectivity index (χ0v) is 20.2. The fraction of sp³-hybridized carbons (Fsp3) is 0.350. The average Bonchev–Trinajstić information content (AvgIpc) is 3.26. The van der Waals surface area contributed by atoms with Gasteiger partial charge in [-0.3, -0.25) is 0 Å². The maximum Gasteiger partial charge on any atom is 0.194 e. The number of nitrogens with one attached hydrogen (secondary N) is 1. The van der Waals surface area contributed by atoms with Gasteiger partial charge in [0.1, 0.15) is 11.6 Å². The maximum atomic E-state index is 14.6. The molecule has 6 nitrogen and oxygen atoms in total. The molecule has 0 unspecified atom stereocenters. The van der Waals surface area contributed by atoms with E-state index in [1.54, 1.807) is 34.4 Å². The molecule has 2 heterocycles. The van der Waals surface area contributed by atoms with Crippen molar-refractivity contribution in [1.82, 2.24) is 24.8 Å². The molecule has 1 N–H and O–H groups in total. The number of aliphatic imine (C=N–C) groups is 1. The highest BCUT2D eigenvalue weighted by Gasteiger charge is 2.10. The minimum atomic E-state index is -0.287. The summed E-state index contributed by atoms with van der Waals surface area (Å²) in [6, 6.07) is 5.20. The third-order valence-corrected chi connectivity index (χ3v) is 5.09. The van der Waals surface area contributed by atoms with Gasteiger partial charge in [-0.05, 0) is 38.5 Å². The van der Waals surface area contributed by atoms with E-state index in [9.17, 15) is 4.39 Å². The molecule has 2 aromatic heterocycles. The van der Waals surface area contributed by atoms with Gasteiger partial charge < -0.3 is 14.8 Å². The lowest BCUT2D eigenvalue weighted by Crippen LogP contribution is -2.38. The van der Waals surface area contributed by atoms with E-state index in [-0.39, 0.29) is 29.8 Å². The number of halogens is 2. The van der Waals surface area contributed by atoms with E-state index >= 15 is 0 Å². The van der Waals surface area contributed by atoms with Gasteiger partial charge >= 0.3 is 0 Å². The third-order valence-electron chi connectivity index (χ3n) is 4.27. The van der Waals surface area contributed by atoms with Crippen molar-refractivity contribution in [3.05, 3.63) is 63.9 Å². The van der Waals surface area contributed by atoms with Crippen LogP contribution in [0.3, 0.4) is 0 Å².